The summed E-state index contributed by atoms with van der Waals surface area (Å²) < 4.78 is 20.3. The topological polar surface area (TPSA) is 21.3 Å². The van der Waals surface area contributed by atoms with Crippen LogP contribution in [0.25, 0.3) is 0 Å². The third-order valence-electron chi connectivity index (χ3n) is 3.81. The van der Waals surface area contributed by atoms with E-state index in [-0.39, 0.29) is 0 Å². The molecule has 0 fully saturated rings. The molecule has 2 aromatic rings. The third kappa shape index (κ3) is 2.13. The van der Waals surface area contributed by atoms with Gasteiger partial charge in [-0.05, 0) is 31.0 Å². The highest BCUT2D eigenvalue weighted by molar-refractivity contribution is 5.63. The zero-order valence-electron chi connectivity index (χ0n) is 11.7. The van der Waals surface area contributed by atoms with Crippen LogP contribution in [0.5, 0.6) is 5.75 Å². The number of ether oxygens (including phenoxy) is 1. The number of benzene rings is 2. The van der Waals surface area contributed by atoms with Gasteiger partial charge in [0.15, 0.2) is 6.17 Å². The summed E-state index contributed by atoms with van der Waals surface area (Å²) in [7, 11) is 1.58. The molecule has 0 radical (unpaired) electrons. The van der Waals surface area contributed by atoms with Crippen LogP contribution in [0, 0.1) is 6.92 Å². The molecular formula is C17H18FNO. The lowest BCUT2D eigenvalue weighted by Crippen LogP contribution is -2.02. The monoisotopic (exact) mass is 271 g/mol. The number of hydrogen-bond donors (Lipinski definition) is 1. The van der Waals surface area contributed by atoms with Crippen LogP contribution < -0.4 is 10.1 Å². The van der Waals surface area contributed by atoms with Crippen LogP contribution in [0.4, 0.5) is 10.1 Å². The van der Waals surface area contributed by atoms with Crippen LogP contribution in [0.3, 0.4) is 0 Å². The van der Waals surface area contributed by atoms with Crippen molar-refractivity contribution in [1.29, 1.82) is 0 Å². The van der Waals surface area contributed by atoms with Crippen molar-refractivity contribution in [2.45, 2.75) is 19.5 Å². The number of fused-ring (bicyclic) bond motifs is 1. The summed E-state index contributed by atoms with van der Waals surface area (Å²) >= 11 is 0. The number of rotatable bonds is 3. The Hall–Kier alpha value is -2.03. The van der Waals surface area contributed by atoms with Gasteiger partial charge in [0.05, 0.1) is 7.11 Å². The summed E-state index contributed by atoms with van der Waals surface area (Å²) in [5, 5.41) is 3.29. The molecule has 1 atom stereocenters. The Balaban J connectivity index is 2.07. The van der Waals surface area contributed by atoms with Crippen molar-refractivity contribution in [2.75, 3.05) is 19.0 Å². The zero-order valence-corrected chi connectivity index (χ0v) is 11.7. The molecular weight excluding hydrogens is 253 g/mol. The normalized spacial score (nSPS) is 14.6. The molecule has 0 aliphatic carbocycles. The SMILES string of the molecule is COc1ccc(C)cc1C(F)c1cccc2c1NCC2. The van der Waals surface area contributed by atoms with E-state index in [1.807, 2.05) is 37.3 Å². The number of alkyl halides is 1. The van der Waals surface area contributed by atoms with Crippen LogP contribution in [0.15, 0.2) is 36.4 Å². The molecule has 1 heterocycles. The maximum Gasteiger partial charge on any atom is 0.156 e. The number of para-hydroxylation sites is 1. The summed E-state index contributed by atoms with van der Waals surface area (Å²) in [6, 6.07) is 11.5. The number of methoxy groups -OCH3 is 1. The smallest absolute Gasteiger partial charge is 0.156 e. The average Bonchev–Trinajstić information content (AvgIpc) is 2.94. The summed E-state index contributed by atoms with van der Waals surface area (Å²) in [5.74, 6) is 0.596. The molecule has 1 aliphatic heterocycles. The molecule has 20 heavy (non-hydrogen) atoms. The predicted octanol–water partition coefficient (Wildman–Crippen LogP) is 4.03. The number of hydrogen-bond acceptors (Lipinski definition) is 2. The fourth-order valence-corrected chi connectivity index (χ4v) is 2.80. The Labute approximate surface area is 118 Å². The number of halogens is 1. The van der Waals surface area contributed by atoms with E-state index in [1.54, 1.807) is 7.11 Å². The first kappa shape index (κ1) is 13.0. The first-order chi connectivity index (χ1) is 9.70. The highest BCUT2D eigenvalue weighted by atomic mass is 19.1. The molecule has 0 bridgehead atoms. The van der Waals surface area contributed by atoms with Crippen molar-refractivity contribution >= 4 is 5.69 Å². The predicted molar refractivity (Wildman–Crippen MR) is 79.3 cm³/mol. The molecule has 0 saturated heterocycles. The third-order valence-corrected chi connectivity index (χ3v) is 3.81. The first-order valence-corrected chi connectivity index (χ1v) is 6.85. The minimum atomic E-state index is -1.18. The Morgan fingerprint density at radius 1 is 1.20 bits per heavy atom. The Morgan fingerprint density at radius 3 is 2.85 bits per heavy atom. The maximum atomic E-state index is 15.0. The fourth-order valence-electron chi connectivity index (χ4n) is 2.80. The summed E-state index contributed by atoms with van der Waals surface area (Å²) in [6.07, 6.45) is -0.216. The van der Waals surface area contributed by atoms with Gasteiger partial charge in [0.25, 0.3) is 0 Å². The van der Waals surface area contributed by atoms with E-state index in [9.17, 15) is 0 Å². The van der Waals surface area contributed by atoms with Crippen LogP contribution in [0.1, 0.15) is 28.4 Å². The van der Waals surface area contributed by atoms with E-state index in [0.717, 1.165) is 24.2 Å². The fraction of sp³-hybridized carbons (Fsp3) is 0.294. The Bertz CT molecular complexity index is 637. The molecule has 0 aromatic heterocycles. The molecule has 0 saturated carbocycles. The van der Waals surface area contributed by atoms with Crippen molar-refractivity contribution in [3.05, 3.63) is 58.7 Å². The Morgan fingerprint density at radius 2 is 2.05 bits per heavy atom. The molecule has 2 aromatic carbocycles. The summed E-state index contributed by atoms with van der Waals surface area (Å²) in [4.78, 5) is 0. The summed E-state index contributed by atoms with van der Waals surface area (Å²) in [5.41, 5.74) is 4.46. The number of anilines is 1. The average molecular weight is 271 g/mol. The lowest BCUT2D eigenvalue weighted by Gasteiger charge is -2.17. The minimum Gasteiger partial charge on any atom is -0.496 e. The maximum absolute atomic E-state index is 15.0. The van der Waals surface area contributed by atoms with Crippen molar-refractivity contribution in [1.82, 2.24) is 0 Å². The lowest BCUT2D eigenvalue weighted by atomic mass is 9.97. The second-order valence-electron chi connectivity index (χ2n) is 5.17. The molecule has 2 nitrogen and oxygen atoms in total. The van der Waals surface area contributed by atoms with Crippen LogP contribution in [0.2, 0.25) is 0 Å². The molecule has 0 spiro atoms. The molecule has 0 amide bonds. The number of nitrogens with one attached hydrogen (secondary N) is 1. The zero-order chi connectivity index (χ0) is 14.1. The number of aryl methyl sites for hydroxylation is 1. The van der Waals surface area contributed by atoms with E-state index in [4.69, 9.17) is 4.74 Å². The van der Waals surface area contributed by atoms with Gasteiger partial charge >= 0.3 is 0 Å². The van der Waals surface area contributed by atoms with Gasteiger partial charge in [0, 0.05) is 23.4 Å². The molecule has 3 rings (SSSR count). The lowest BCUT2D eigenvalue weighted by molar-refractivity contribution is 0.364. The Kier molecular flexibility index (Phi) is 3.35. The van der Waals surface area contributed by atoms with E-state index < -0.39 is 6.17 Å². The largest absolute Gasteiger partial charge is 0.496 e. The van der Waals surface area contributed by atoms with E-state index >= 15 is 4.39 Å². The van der Waals surface area contributed by atoms with Gasteiger partial charge in [-0.1, -0.05) is 29.8 Å². The van der Waals surface area contributed by atoms with Crippen molar-refractivity contribution in [2.24, 2.45) is 0 Å². The first-order valence-electron chi connectivity index (χ1n) is 6.85. The van der Waals surface area contributed by atoms with Gasteiger partial charge in [-0.15, -0.1) is 0 Å². The van der Waals surface area contributed by atoms with E-state index in [2.05, 4.69) is 11.4 Å². The van der Waals surface area contributed by atoms with Crippen molar-refractivity contribution in [3.8, 4) is 5.75 Å². The van der Waals surface area contributed by atoms with Gasteiger partial charge in [0.1, 0.15) is 5.75 Å². The minimum absolute atomic E-state index is 0.592. The second kappa shape index (κ2) is 5.16. The van der Waals surface area contributed by atoms with E-state index in [1.165, 1.54) is 5.56 Å². The van der Waals surface area contributed by atoms with Crippen molar-refractivity contribution in [3.63, 3.8) is 0 Å². The molecule has 1 N–H and O–H groups in total. The van der Waals surface area contributed by atoms with Crippen molar-refractivity contribution < 1.29 is 9.13 Å². The molecule has 1 unspecified atom stereocenters. The van der Waals surface area contributed by atoms with Crippen LogP contribution in [-0.4, -0.2) is 13.7 Å². The second-order valence-corrected chi connectivity index (χ2v) is 5.17. The highest BCUT2D eigenvalue weighted by Gasteiger charge is 2.23. The summed E-state index contributed by atoms with van der Waals surface area (Å²) in [6.45, 7) is 2.84. The standard InChI is InChI=1S/C17H18FNO/c1-11-6-7-15(20-2)14(10-11)16(18)13-5-3-4-12-8-9-19-17(12)13/h3-7,10,16,19H,8-9H2,1-2H3. The molecule has 3 heteroatoms. The van der Waals surface area contributed by atoms with Gasteiger partial charge in [0.2, 0.25) is 0 Å². The van der Waals surface area contributed by atoms with E-state index in [0.29, 0.717) is 16.9 Å². The van der Waals surface area contributed by atoms with Crippen LogP contribution in [-0.2, 0) is 6.42 Å². The molecule has 1 aliphatic rings. The van der Waals surface area contributed by atoms with Gasteiger partial charge in [-0.2, -0.15) is 0 Å². The quantitative estimate of drug-likeness (QED) is 0.910. The molecule has 104 valence electrons. The van der Waals surface area contributed by atoms with Crippen LogP contribution >= 0.6 is 0 Å². The van der Waals surface area contributed by atoms with Gasteiger partial charge in [-0.3, -0.25) is 0 Å². The van der Waals surface area contributed by atoms with Gasteiger partial charge < -0.3 is 10.1 Å². The van der Waals surface area contributed by atoms with Gasteiger partial charge in [-0.25, -0.2) is 4.39 Å². The highest BCUT2D eigenvalue weighted by Crippen LogP contribution is 2.39.